The van der Waals surface area contributed by atoms with Crippen LogP contribution in [0.5, 0.6) is 0 Å². The molecule has 10 rings (SSSR count). The van der Waals surface area contributed by atoms with E-state index >= 15 is 0 Å². The van der Waals surface area contributed by atoms with Crippen LogP contribution < -0.4 is 0 Å². The van der Waals surface area contributed by atoms with Gasteiger partial charge in [0.15, 0.2) is 5.82 Å². The first-order valence-corrected chi connectivity index (χ1v) is 18.0. The van der Waals surface area contributed by atoms with Crippen LogP contribution in [0.4, 0.5) is 0 Å². The highest BCUT2D eigenvalue weighted by Crippen LogP contribution is 2.40. The van der Waals surface area contributed by atoms with Crippen LogP contribution >= 0.6 is 0 Å². The molecule has 3 nitrogen and oxygen atoms in total. The third-order valence-corrected chi connectivity index (χ3v) is 10.2. The lowest BCUT2D eigenvalue weighted by molar-refractivity contribution is 1.18. The topological polar surface area (TPSA) is 30.7 Å². The fourth-order valence-corrected chi connectivity index (χ4v) is 7.68. The predicted molar refractivity (Wildman–Crippen MR) is 221 cm³/mol. The Morgan fingerprint density at radius 2 is 0.811 bits per heavy atom. The molecule has 248 valence electrons. The van der Waals surface area contributed by atoms with E-state index in [2.05, 4.69) is 180 Å². The fraction of sp³-hybridized carbons (Fsp3) is 0. The highest BCUT2D eigenvalue weighted by atomic mass is 15.0. The molecule has 0 aliphatic carbocycles. The van der Waals surface area contributed by atoms with Crippen molar-refractivity contribution >= 4 is 32.6 Å². The van der Waals surface area contributed by atoms with E-state index in [-0.39, 0.29) is 0 Å². The minimum absolute atomic E-state index is 0.706. The first kappa shape index (κ1) is 30.7. The molecule has 0 N–H and O–H groups in total. The van der Waals surface area contributed by atoms with Gasteiger partial charge in [-0.3, -0.25) is 0 Å². The summed E-state index contributed by atoms with van der Waals surface area (Å²) in [6.45, 7) is 0. The summed E-state index contributed by atoms with van der Waals surface area (Å²) in [7, 11) is 0. The minimum atomic E-state index is 0.706. The summed E-state index contributed by atoms with van der Waals surface area (Å²) in [4.78, 5) is 10.3. The second-order valence-corrected chi connectivity index (χ2v) is 13.4. The summed E-state index contributed by atoms with van der Waals surface area (Å²) in [5.74, 6) is 0.706. The van der Waals surface area contributed by atoms with Gasteiger partial charge in [0.05, 0.1) is 22.4 Å². The molecule has 0 bridgehead atoms. The summed E-state index contributed by atoms with van der Waals surface area (Å²) >= 11 is 0. The molecule has 0 radical (unpaired) electrons. The summed E-state index contributed by atoms with van der Waals surface area (Å²) in [6, 6.07) is 70.9. The van der Waals surface area contributed by atoms with Crippen LogP contribution in [0.2, 0.25) is 0 Å². The largest absolute Gasteiger partial charge is 0.309 e. The summed E-state index contributed by atoms with van der Waals surface area (Å²) in [6.07, 6.45) is 0. The van der Waals surface area contributed by atoms with Gasteiger partial charge in [-0.15, -0.1) is 0 Å². The number of aromatic nitrogens is 3. The van der Waals surface area contributed by atoms with Crippen LogP contribution in [-0.2, 0) is 0 Å². The monoisotopic (exact) mass is 675 g/mol. The van der Waals surface area contributed by atoms with Crippen LogP contribution in [-0.4, -0.2) is 14.5 Å². The highest BCUT2D eigenvalue weighted by molar-refractivity contribution is 6.12. The van der Waals surface area contributed by atoms with Gasteiger partial charge in [-0.2, -0.15) is 0 Å². The van der Waals surface area contributed by atoms with Gasteiger partial charge in [0, 0.05) is 33.2 Å². The van der Waals surface area contributed by atoms with Gasteiger partial charge in [0.2, 0.25) is 0 Å². The average molecular weight is 676 g/mol. The van der Waals surface area contributed by atoms with Crippen molar-refractivity contribution in [2.75, 3.05) is 0 Å². The van der Waals surface area contributed by atoms with Gasteiger partial charge in [0.25, 0.3) is 0 Å². The van der Waals surface area contributed by atoms with E-state index in [0.29, 0.717) is 5.82 Å². The minimum Gasteiger partial charge on any atom is -0.309 e. The number of fused-ring (bicyclic) bond motifs is 4. The molecule has 0 fully saturated rings. The molecule has 0 aliphatic rings. The molecule has 53 heavy (non-hydrogen) atoms. The summed E-state index contributed by atoms with van der Waals surface area (Å²) in [5, 5.41) is 4.83. The van der Waals surface area contributed by atoms with E-state index in [1.54, 1.807) is 0 Å². The third-order valence-electron chi connectivity index (χ3n) is 10.2. The Balaban J connectivity index is 1.13. The Labute approximate surface area is 308 Å². The maximum atomic E-state index is 5.21. The van der Waals surface area contributed by atoms with E-state index in [1.165, 1.54) is 49.4 Å². The van der Waals surface area contributed by atoms with Crippen molar-refractivity contribution < 1.29 is 0 Å². The van der Waals surface area contributed by atoms with Crippen LogP contribution in [0.25, 0.3) is 94.4 Å². The molecule has 0 spiro atoms. The molecule has 8 aromatic carbocycles. The molecule has 10 aromatic rings. The van der Waals surface area contributed by atoms with E-state index in [0.717, 1.165) is 39.2 Å². The number of rotatable bonds is 6. The van der Waals surface area contributed by atoms with E-state index in [4.69, 9.17) is 9.97 Å². The summed E-state index contributed by atoms with van der Waals surface area (Å²) in [5.41, 5.74) is 13.2. The number of hydrogen-bond donors (Lipinski definition) is 0. The Hall–Kier alpha value is -7.10. The standard InChI is InChI=1S/C50H33N3/c1-4-14-34(15-5-1)35-24-26-36(27-25-35)46-33-47(52-50(51-46)37-16-6-2-7-17-37)43-31-30-40(41-20-10-11-21-42(41)43)38-28-29-45-44-22-12-13-23-48(44)53(49(45)32-38)39-18-8-3-9-19-39/h1-33H. The van der Waals surface area contributed by atoms with Gasteiger partial charge in [0.1, 0.15) is 0 Å². The first-order valence-electron chi connectivity index (χ1n) is 18.0. The van der Waals surface area contributed by atoms with Crippen molar-refractivity contribution in [3.63, 3.8) is 0 Å². The molecule has 2 heterocycles. The molecular weight excluding hydrogens is 643 g/mol. The zero-order valence-corrected chi connectivity index (χ0v) is 28.9. The van der Waals surface area contributed by atoms with Gasteiger partial charge in [-0.1, -0.05) is 170 Å². The number of benzene rings is 8. The van der Waals surface area contributed by atoms with Gasteiger partial charge < -0.3 is 4.57 Å². The molecule has 0 saturated heterocycles. The normalized spacial score (nSPS) is 11.4. The highest BCUT2D eigenvalue weighted by Gasteiger charge is 2.17. The Kier molecular flexibility index (Phi) is 7.47. The van der Waals surface area contributed by atoms with Crippen molar-refractivity contribution in [2.24, 2.45) is 0 Å². The maximum Gasteiger partial charge on any atom is 0.160 e. The van der Waals surface area contributed by atoms with Crippen molar-refractivity contribution in [3.05, 3.63) is 200 Å². The molecule has 3 heteroatoms. The molecule has 0 atom stereocenters. The van der Waals surface area contributed by atoms with E-state index < -0.39 is 0 Å². The zero-order chi connectivity index (χ0) is 35.1. The zero-order valence-electron chi connectivity index (χ0n) is 28.9. The average Bonchev–Trinajstić information content (AvgIpc) is 3.58. The smallest absolute Gasteiger partial charge is 0.160 e. The molecule has 0 saturated carbocycles. The van der Waals surface area contributed by atoms with Gasteiger partial charge in [-0.25, -0.2) is 9.97 Å². The molecule has 0 unspecified atom stereocenters. The second-order valence-electron chi connectivity index (χ2n) is 13.4. The molecule has 0 amide bonds. The molecule has 0 aliphatic heterocycles. The SMILES string of the molecule is c1ccc(-c2ccc(-c3cc(-c4ccc(-c5ccc6c7ccccc7n(-c7ccccc7)c6c5)c5ccccc45)nc(-c4ccccc4)n3)cc2)cc1. The number of hydrogen-bond acceptors (Lipinski definition) is 2. The first-order chi connectivity index (χ1) is 26.3. The van der Waals surface area contributed by atoms with E-state index in [1.807, 2.05) is 24.3 Å². The van der Waals surface area contributed by atoms with Crippen molar-refractivity contribution in [1.29, 1.82) is 0 Å². The van der Waals surface area contributed by atoms with E-state index in [9.17, 15) is 0 Å². The lowest BCUT2D eigenvalue weighted by Gasteiger charge is -2.14. The number of para-hydroxylation sites is 2. The molecule has 2 aromatic heterocycles. The fourth-order valence-electron chi connectivity index (χ4n) is 7.68. The predicted octanol–water partition coefficient (Wildman–Crippen LogP) is 13.1. The lowest BCUT2D eigenvalue weighted by atomic mass is 9.93. The van der Waals surface area contributed by atoms with Crippen LogP contribution in [0.3, 0.4) is 0 Å². The van der Waals surface area contributed by atoms with Crippen LogP contribution in [0.1, 0.15) is 0 Å². The maximum absolute atomic E-state index is 5.21. The quantitative estimate of drug-likeness (QED) is 0.176. The van der Waals surface area contributed by atoms with Crippen LogP contribution in [0.15, 0.2) is 200 Å². The van der Waals surface area contributed by atoms with Crippen molar-refractivity contribution in [3.8, 4) is 61.8 Å². The van der Waals surface area contributed by atoms with Gasteiger partial charge in [-0.05, 0) is 63.4 Å². The van der Waals surface area contributed by atoms with Gasteiger partial charge >= 0.3 is 0 Å². The van der Waals surface area contributed by atoms with Crippen molar-refractivity contribution in [1.82, 2.24) is 14.5 Å². The Bertz CT molecular complexity index is 2910. The summed E-state index contributed by atoms with van der Waals surface area (Å²) < 4.78 is 2.38. The Morgan fingerprint density at radius 1 is 0.302 bits per heavy atom. The van der Waals surface area contributed by atoms with Crippen LogP contribution in [0, 0.1) is 0 Å². The molecular formula is C50H33N3. The lowest BCUT2D eigenvalue weighted by Crippen LogP contribution is -1.97. The van der Waals surface area contributed by atoms with Crippen molar-refractivity contribution in [2.45, 2.75) is 0 Å². The second kappa shape index (κ2) is 12.9. The Morgan fingerprint density at radius 3 is 1.55 bits per heavy atom. The third kappa shape index (κ3) is 5.47. The number of nitrogens with zero attached hydrogens (tertiary/aromatic N) is 3.